The molecular weight excluding hydrogens is 323 g/mol. The second-order valence-corrected chi connectivity index (χ2v) is 5.58. The molecule has 0 aliphatic heterocycles. The molecule has 0 radical (unpaired) electrons. The number of aromatic nitrogens is 1. The Kier molecular flexibility index (Phi) is 6.14. The van der Waals surface area contributed by atoms with E-state index in [1.54, 1.807) is 19.2 Å². The van der Waals surface area contributed by atoms with Gasteiger partial charge in [-0.2, -0.15) is 5.26 Å². The van der Waals surface area contributed by atoms with Crippen molar-refractivity contribution in [1.82, 2.24) is 4.98 Å². The van der Waals surface area contributed by atoms with Gasteiger partial charge in [-0.05, 0) is 38.1 Å². The minimum atomic E-state index is -0.604. The Morgan fingerprint density at radius 1 is 1.40 bits per heavy atom. The Balaban J connectivity index is 2.42. The summed E-state index contributed by atoms with van der Waals surface area (Å²) in [7, 11) is 0. The number of nitriles is 1. The number of anilines is 2. The van der Waals surface area contributed by atoms with Crippen LogP contribution in [0.15, 0.2) is 30.5 Å². The Bertz CT molecular complexity index is 759. The maximum Gasteiger partial charge on any atom is 0.141 e. The number of rotatable bonds is 7. The van der Waals surface area contributed by atoms with Gasteiger partial charge in [-0.1, -0.05) is 0 Å². The summed E-state index contributed by atoms with van der Waals surface area (Å²) in [4.78, 5) is 6.00. The van der Waals surface area contributed by atoms with Crippen molar-refractivity contribution in [1.29, 1.82) is 5.26 Å². The molecule has 0 spiro atoms. The third-order valence-electron chi connectivity index (χ3n) is 3.78. The van der Waals surface area contributed by atoms with Crippen LogP contribution in [0, 0.1) is 17.1 Å². The molecule has 0 amide bonds. The summed E-state index contributed by atoms with van der Waals surface area (Å²) in [6, 6.07) is 8.08. The van der Waals surface area contributed by atoms with Gasteiger partial charge in [-0.25, -0.2) is 9.37 Å². The van der Waals surface area contributed by atoms with Crippen molar-refractivity contribution in [2.24, 2.45) is 0 Å². The number of aliphatic hydroxyl groups excluding tert-OH is 1. The minimum Gasteiger partial charge on any atom is -0.488 e. The van der Waals surface area contributed by atoms with Crippen LogP contribution in [0.4, 0.5) is 15.9 Å². The van der Waals surface area contributed by atoms with Gasteiger partial charge < -0.3 is 20.5 Å². The number of halogens is 1. The number of hydrogen-bond donors (Lipinski definition) is 2. The smallest absolute Gasteiger partial charge is 0.141 e. The monoisotopic (exact) mass is 344 g/mol. The zero-order chi connectivity index (χ0) is 18.4. The largest absolute Gasteiger partial charge is 0.488 e. The number of nitrogen functional groups attached to an aromatic ring is 1. The van der Waals surface area contributed by atoms with Crippen molar-refractivity contribution in [3.05, 3.63) is 47.4 Å². The van der Waals surface area contributed by atoms with Crippen LogP contribution in [0.25, 0.3) is 0 Å². The Hall–Kier alpha value is -2.85. The number of benzene rings is 1. The van der Waals surface area contributed by atoms with E-state index in [2.05, 4.69) is 4.98 Å². The van der Waals surface area contributed by atoms with Crippen molar-refractivity contribution < 1.29 is 14.2 Å². The quantitative estimate of drug-likeness (QED) is 0.801. The van der Waals surface area contributed by atoms with E-state index in [-0.39, 0.29) is 18.7 Å². The summed E-state index contributed by atoms with van der Waals surface area (Å²) in [6.07, 6.45) is 1.16. The normalized spacial score (nSPS) is 11.6. The van der Waals surface area contributed by atoms with Crippen LogP contribution in [0.5, 0.6) is 5.75 Å². The Morgan fingerprint density at radius 2 is 2.16 bits per heavy atom. The fourth-order valence-electron chi connectivity index (χ4n) is 2.40. The van der Waals surface area contributed by atoms with Crippen LogP contribution >= 0.6 is 0 Å². The van der Waals surface area contributed by atoms with E-state index >= 15 is 0 Å². The predicted molar refractivity (Wildman–Crippen MR) is 93.7 cm³/mol. The van der Waals surface area contributed by atoms with E-state index in [0.29, 0.717) is 23.7 Å². The highest BCUT2D eigenvalue weighted by molar-refractivity contribution is 5.53. The second-order valence-electron chi connectivity index (χ2n) is 5.58. The van der Waals surface area contributed by atoms with E-state index in [1.807, 2.05) is 24.0 Å². The molecule has 0 unspecified atom stereocenters. The molecule has 25 heavy (non-hydrogen) atoms. The highest BCUT2D eigenvalue weighted by Gasteiger charge is 2.19. The molecule has 0 saturated carbocycles. The van der Waals surface area contributed by atoms with Crippen molar-refractivity contribution >= 4 is 11.5 Å². The molecule has 1 atom stereocenters. The molecule has 0 saturated heterocycles. The molecule has 7 heteroatoms. The Morgan fingerprint density at radius 3 is 2.72 bits per heavy atom. The highest BCUT2D eigenvalue weighted by atomic mass is 19.1. The van der Waals surface area contributed by atoms with Gasteiger partial charge in [0.25, 0.3) is 0 Å². The van der Waals surface area contributed by atoms with Gasteiger partial charge in [0.1, 0.15) is 29.6 Å². The summed E-state index contributed by atoms with van der Waals surface area (Å²) in [5.74, 6) is 0.179. The lowest BCUT2D eigenvalue weighted by Crippen LogP contribution is -2.25. The fraction of sp³-hybridized carbons (Fsp3) is 0.333. The van der Waals surface area contributed by atoms with Crippen LogP contribution in [0.1, 0.15) is 25.0 Å². The maximum absolute atomic E-state index is 14.1. The molecule has 1 aromatic heterocycles. The maximum atomic E-state index is 14.1. The van der Waals surface area contributed by atoms with E-state index in [9.17, 15) is 14.8 Å². The van der Waals surface area contributed by atoms with Crippen molar-refractivity contribution in [2.75, 3.05) is 23.8 Å². The standard InChI is InChI=1S/C18H21FN4O2/c1-3-23(13-4-7-18(21)22-9-13)10-15-14(8-20)16(19)5-6-17(15)25-12(2)11-24/h4-7,9,12,24H,3,10-11H2,1-2H3,(H2,21,22)/t12-/m0/s1. The number of nitrogens with zero attached hydrogens (tertiary/aromatic N) is 3. The van der Waals surface area contributed by atoms with Gasteiger partial charge in [-0.3, -0.25) is 0 Å². The van der Waals surface area contributed by atoms with Crippen LogP contribution in [-0.4, -0.2) is 29.3 Å². The SMILES string of the molecule is CCN(Cc1c(O[C@@H](C)CO)ccc(F)c1C#N)c1ccc(N)nc1. The van der Waals surface area contributed by atoms with Crippen molar-refractivity contribution in [3.8, 4) is 11.8 Å². The molecular formula is C18H21FN4O2. The number of ether oxygens (including phenoxy) is 1. The molecule has 0 fully saturated rings. The third kappa shape index (κ3) is 4.37. The lowest BCUT2D eigenvalue weighted by Gasteiger charge is -2.25. The number of aliphatic hydroxyl groups is 1. The lowest BCUT2D eigenvalue weighted by molar-refractivity contribution is 0.128. The minimum absolute atomic E-state index is 0.0653. The lowest BCUT2D eigenvalue weighted by atomic mass is 10.1. The zero-order valence-electron chi connectivity index (χ0n) is 14.2. The van der Waals surface area contributed by atoms with Crippen LogP contribution in [0.2, 0.25) is 0 Å². The van der Waals surface area contributed by atoms with Gasteiger partial charge in [-0.15, -0.1) is 0 Å². The van der Waals surface area contributed by atoms with Gasteiger partial charge >= 0.3 is 0 Å². The summed E-state index contributed by atoms with van der Waals surface area (Å²) in [5.41, 5.74) is 6.78. The topological polar surface area (TPSA) is 95.4 Å². The van der Waals surface area contributed by atoms with Gasteiger partial charge in [0.2, 0.25) is 0 Å². The van der Waals surface area contributed by atoms with Crippen LogP contribution in [-0.2, 0) is 6.54 Å². The van der Waals surface area contributed by atoms with E-state index in [1.165, 1.54) is 12.1 Å². The van der Waals surface area contributed by atoms with Gasteiger partial charge in [0.05, 0.1) is 24.1 Å². The first-order valence-electron chi connectivity index (χ1n) is 7.95. The average Bonchev–Trinajstić information content (AvgIpc) is 2.62. The van der Waals surface area contributed by atoms with Crippen LogP contribution in [0.3, 0.4) is 0 Å². The molecule has 132 valence electrons. The first-order chi connectivity index (χ1) is 12.0. The van der Waals surface area contributed by atoms with Crippen molar-refractivity contribution in [3.63, 3.8) is 0 Å². The molecule has 1 heterocycles. The average molecular weight is 344 g/mol. The molecule has 0 aliphatic rings. The zero-order valence-corrected chi connectivity index (χ0v) is 14.2. The van der Waals surface area contributed by atoms with Gasteiger partial charge in [0, 0.05) is 18.7 Å². The summed E-state index contributed by atoms with van der Waals surface area (Å²) in [5, 5.41) is 18.6. The molecule has 2 rings (SSSR count). The molecule has 0 aliphatic carbocycles. The molecule has 2 aromatic rings. The fourth-order valence-corrected chi connectivity index (χ4v) is 2.40. The van der Waals surface area contributed by atoms with E-state index in [4.69, 9.17) is 10.5 Å². The molecule has 6 nitrogen and oxygen atoms in total. The third-order valence-corrected chi connectivity index (χ3v) is 3.78. The first-order valence-corrected chi connectivity index (χ1v) is 7.95. The Labute approximate surface area is 146 Å². The van der Waals surface area contributed by atoms with Crippen molar-refractivity contribution in [2.45, 2.75) is 26.5 Å². The van der Waals surface area contributed by atoms with Crippen LogP contribution < -0.4 is 15.4 Å². The number of pyridine rings is 1. The van der Waals surface area contributed by atoms with Gasteiger partial charge in [0.15, 0.2) is 0 Å². The van der Waals surface area contributed by atoms with E-state index in [0.717, 1.165) is 5.69 Å². The predicted octanol–water partition coefficient (Wildman–Crippen LogP) is 2.46. The number of hydrogen-bond acceptors (Lipinski definition) is 6. The number of nitrogens with two attached hydrogens (primary N) is 1. The summed E-state index contributed by atoms with van der Waals surface area (Å²) >= 11 is 0. The summed E-state index contributed by atoms with van der Waals surface area (Å²) < 4.78 is 19.7. The highest BCUT2D eigenvalue weighted by Crippen LogP contribution is 2.29. The van der Waals surface area contributed by atoms with E-state index < -0.39 is 11.9 Å². The molecule has 0 bridgehead atoms. The first kappa shape index (κ1) is 18.5. The second kappa shape index (κ2) is 8.31. The summed E-state index contributed by atoms with van der Waals surface area (Å²) in [6.45, 7) is 4.33. The molecule has 1 aromatic carbocycles. The molecule has 3 N–H and O–H groups in total.